The smallest absolute Gasteiger partial charge is 0.257 e. The van der Waals surface area contributed by atoms with Crippen molar-refractivity contribution in [3.63, 3.8) is 0 Å². The predicted octanol–water partition coefficient (Wildman–Crippen LogP) is 2.16. The molecule has 124 valence electrons. The summed E-state index contributed by atoms with van der Waals surface area (Å²) in [4.78, 5) is 14.4. The molecule has 0 aliphatic carbocycles. The van der Waals surface area contributed by atoms with Crippen molar-refractivity contribution in [3.8, 4) is 0 Å². The molecule has 1 aliphatic heterocycles. The van der Waals surface area contributed by atoms with E-state index in [1.165, 1.54) is 5.56 Å². The topological polar surface area (TPSA) is 64.2 Å². The molecule has 6 heteroatoms. The summed E-state index contributed by atoms with van der Waals surface area (Å²) in [5.74, 6) is 0.0523. The van der Waals surface area contributed by atoms with Crippen LogP contribution in [-0.2, 0) is 6.54 Å². The van der Waals surface area contributed by atoms with Gasteiger partial charge in [0.25, 0.3) is 5.91 Å². The third-order valence-corrected chi connectivity index (χ3v) is 4.41. The predicted molar refractivity (Wildman–Crippen MR) is 92.7 cm³/mol. The first-order valence-electron chi connectivity index (χ1n) is 7.65. The van der Waals surface area contributed by atoms with Crippen molar-refractivity contribution in [2.24, 2.45) is 11.1 Å². The average molecular weight is 335 g/mol. The van der Waals surface area contributed by atoms with Crippen LogP contribution in [0.25, 0.3) is 0 Å². The molecular weight excluding hydrogens is 312 g/mol. The molecule has 23 heavy (non-hydrogen) atoms. The van der Waals surface area contributed by atoms with E-state index < -0.39 is 0 Å². The number of rotatable bonds is 4. The highest BCUT2D eigenvalue weighted by Gasteiger charge is 2.35. The number of halogens is 1. The summed E-state index contributed by atoms with van der Waals surface area (Å²) in [5.41, 5.74) is 7.67. The second-order valence-corrected chi connectivity index (χ2v) is 6.40. The zero-order valence-electron chi connectivity index (χ0n) is 13.3. The Labute approximate surface area is 142 Å². The average Bonchev–Trinajstić information content (AvgIpc) is 3.15. The molecule has 0 radical (unpaired) electrons. The third kappa shape index (κ3) is 3.92. The second-order valence-electron chi connectivity index (χ2n) is 6.40. The monoisotopic (exact) mass is 334 g/mol. The van der Waals surface area contributed by atoms with Crippen LogP contribution in [0.3, 0.4) is 0 Å². The number of benzene rings is 1. The molecule has 0 bridgehead atoms. The van der Waals surface area contributed by atoms with Gasteiger partial charge in [0.15, 0.2) is 0 Å². The van der Waals surface area contributed by atoms with E-state index in [1.807, 2.05) is 29.3 Å². The summed E-state index contributed by atoms with van der Waals surface area (Å²) >= 11 is 0. The summed E-state index contributed by atoms with van der Waals surface area (Å²) < 4.78 is 1.81. The molecule has 1 fully saturated rings. The van der Waals surface area contributed by atoms with Gasteiger partial charge < -0.3 is 10.6 Å². The van der Waals surface area contributed by atoms with Gasteiger partial charge in [0.05, 0.1) is 18.3 Å². The summed E-state index contributed by atoms with van der Waals surface area (Å²) in [7, 11) is 0. The number of carbonyl (C=O) groups is 1. The largest absolute Gasteiger partial charge is 0.338 e. The lowest BCUT2D eigenvalue weighted by Crippen LogP contribution is -2.34. The van der Waals surface area contributed by atoms with Crippen molar-refractivity contribution in [3.05, 3.63) is 53.9 Å². The minimum absolute atomic E-state index is 0. The molecule has 1 saturated heterocycles. The molecule has 1 amide bonds. The van der Waals surface area contributed by atoms with Crippen LogP contribution in [0.5, 0.6) is 0 Å². The minimum atomic E-state index is 0. The standard InChI is InChI=1S/C17H22N4O.ClH/c1-17(12-18)7-8-20(13-17)16(22)15-9-19-21(11-15)10-14-5-3-2-4-6-14;/h2-6,9,11H,7-8,10,12-13,18H2,1H3;1H. The Morgan fingerprint density at radius 3 is 2.74 bits per heavy atom. The van der Waals surface area contributed by atoms with Crippen LogP contribution in [0.1, 0.15) is 29.3 Å². The fourth-order valence-corrected chi connectivity index (χ4v) is 2.88. The molecule has 1 aromatic heterocycles. The molecule has 0 saturated carbocycles. The van der Waals surface area contributed by atoms with Gasteiger partial charge in [0.2, 0.25) is 0 Å². The number of nitrogens with zero attached hydrogens (tertiary/aromatic N) is 3. The number of aromatic nitrogens is 2. The maximum atomic E-state index is 12.5. The molecular formula is C17H23ClN4O. The number of carbonyl (C=O) groups excluding carboxylic acids is 1. The van der Waals surface area contributed by atoms with Crippen molar-refractivity contribution in [2.45, 2.75) is 19.9 Å². The fraction of sp³-hybridized carbons (Fsp3) is 0.412. The zero-order valence-corrected chi connectivity index (χ0v) is 14.1. The first kappa shape index (κ1) is 17.5. The lowest BCUT2D eigenvalue weighted by molar-refractivity contribution is 0.0777. The van der Waals surface area contributed by atoms with Gasteiger partial charge in [-0.05, 0) is 23.9 Å². The van der Waals surface area contributed by atoms with Gasteiger partial charge in [-0.15, -0.1) is 12.4 Å². The van der Waals surface area contributed by atoms with Gasteiger partial charge in [-0.2, -0.15) is 5.10 Å². The lowest BCUT2D eigenvalue weighted by Gasteiger charge is -2.22. The van der Waals surface area contributed by atoms with Crippen LogP contribution < -0.4 is 5.73 Å². The van der Waals surface area contributed by atoms with Crippen molar-refractivity contribution in [1.29, 1.82) is 0 Å². The van der Waals surface area contributed by atoms with Gasteiger partial charge in [-0.25, -0.2) is 0 Å². The van der Waals surface area contributed by atoms with Crippen LogP contribution in [-0.4, -0.2) is 40.2 Å². The summed E-state index contributed by atoms with van der Waals surface area (Å²) in [6, 6.07) is 10.1. The Balaban J connectivity index is 0.00000192. The van der Waals surface area contributed by atoms with Gasteiger partial charge in [0, 0.05) is 19.3 Å². The summed E-state index contributed by atoms with van der Waals surface area (Å²) in [6.07, 6.45) is 4.45. The number of hydrogen-bond donors (Lipinski definition) is 1. The van der Waals surface area contributed by atoms with E-state index in [2.05, 4.69) is 24.2 Å². The van der Waals surface area contributed by atoms with E-state index in [1.54, 1.807) is 10.9 Å². The number of nitrogens with two attached hydrogens (primary N) is 1. The summed E-state index contributed by atoms with van der Waals surface area (Å²) in [6.45, 7) is 4.93. The van der Waals surface area contributed by atoms with E-state index in [0.717, 1.165) is 19.5 Å². The molecule has 1 atom stereocenters. The molecule has 5 nitrogen and oxygen atoms in total. The maximum absolute atomic E-state index is 12.5. The van der Waals surface area contributed by atoms with Crippen LogP contribution in [0.2, 0.25) is 0 Å². The van der Waals surface area contributed by atoms with Crippen molar-refractivity contribution < 1.29 is 4.79 Å². The van der Waals surface area contributed by atoms with E-state index in [-0.39, 0.29) is 23.7 Å². The maximum Gasteiger partial charge on any atom is 0.257 e. The van der Waals surface area contributed by atoms with Gasteiger partial charge in [0.1, 0.15) is 0 Å². The van der Waals surface area contributed by atoms with E-state index in [4.69, 9.17) is 5.73 Å². The van der Waals surface area contributed by atoms with Crippen molar-refractivity contribution >= 4 is 18.3 Å². The van der Waals surface area contributed by atoms with E-state index in [9.17, 15) is 4.79 Å². The Morgan fingerprint density at radius 2 is 2.09 bits per heavy atom. The lowest BCUT2D eigenvalue weighted by atomic mass is 9.90. The highest BCUT2D eigenvalue weighted by molar-refractivity contribution is 5.94. The first-order valence-corrected chi connectivity index (χ1v) is 7.65. The highest BCUT2D eigenvalue weighted by atomic mass is 35.5. The highest BCUT2D eigenvalue weighted by Crippen LogP contribution is 2.29. The molecule has 0 spiro atoms. The van der Waals surface area contributed by atoms with Gasteiger partial charge >= 0.3 is 0 Å². The van der Waals surface area contributed by atoms with Crippen LogP contribution in [0, 0.1) is 5.41 Å². The quantitative estimate of drug-likeness (QED) is 0.932. The summed E-state index contributed by atoms with van der Waals surface area (Å²) in [5, 5.41) is 4.30. The molecule has 1 aliphatic rings. The SMILES string of the molecule is CC1(CN)CCN(C(=O)c2cnn(Cc3ccccc3)c2)C1.Cl. The number of likely N-dealkylation sites (tertiary alicyclic amines) is 1. The molecule has 1 aromatic carbocycles. The van der Waals surface area contributed by atoms with E-state index >= 15 is 0 Å². The molecule has 2 aromatic rings. The van der Waals surface area contributed by atoms with Crippen LogP contribution >= 0.6 is 12.4 Å². The minimum Gasteiger partial charge on any atom is -0.338 e. The van der Waals surface area contributed by atoms with Crippen molar-refractivity contribution in [2.75, 3.05) is 19.6 Å². The molecule has 2 heterocycles. The number of amides is 1. The molecule has 2 N–H and O–H groups in total. The molecule has 1 unspecified atom stereocenters. The third-order valence-electron chi connectivity index (χ3n) is 4.41. The fourth-order valence-electron chi connectivity index (χ4n) is 2.88. The van der Waals surface area contributed by atoms with Crippen LogP contribution in [0.4, 0.5) is 0 Å². The Morgan fingerprint density at radius 1 is 1.35 bits per heavy atom. The van der Waals surface area contributed by atoms with Gasteiger partial charge in [-0.1, -0.05) is 37.3 Å². The molecule has 3 rings (SSSR count). The van der Waals surface area contributed by atoms with Gasteiger partial charge in [-0.3, -0.25) is 9.48 Å². The van der Waals surface area contributed by atoms with Crippen LogP contribution in [0.15, 0.2) is 42.7 Å². The Hall–Kier alpha value is -1.85. The second kappa shape index (κ2) is 7.15. The number of hydrogen-bond acceptors (Lipinski definition) is 3. The Kier molecular flexibility index (Phi) is 5.44. The van der Waals surface area contributed by atoms with E-state index in [0.29, 0.717) is 18.7 Å². The normalized spacial score (nSPS) is 20.3. The van der Waals surface area contributed by atoms with Crippen molar-refractivity contribution in [1.82, 2.24) is 14.7 Å². The Bertz CT molecular complexity index is 658. The first-order chi connectivity index (χ1) is 10.6. The zero-order chi connectivity index (χ0) is 15.6.